The van der Waals surface area contributed by atoms with Gasteiger partial charge in [0, 0.05) is 20.1 Å². The van der Waals surface area contributed by atoms with Gasteiger partial charge in [0.05, 0.1) is 13.7 Å². The monoisotopic (exact) mass is 453 g/mol. The summed E-state index contributed by atoms with van der Waals surface area (Å²) in [6.45, 7) is 10.4. The summed E-state index contributed by atoms with van der Waals surface area (Å²) < 4.78 is 21.5. The molecular weight excluding hydrogens is 414 g/mol. The Balaban J connectivity index is 2.92. The number of nitrogens with one attached hydrogen (secondary N) is 1. The summed E-state index contributed by atoms with van der Waals surface area (Å²) >= 11 is 0. The number of methoxy groups -OCH3 is 2. The van der Waals surface area contributed by atoms with Gasteiger partial charge in [-0.1, -0.05) is 19.9 Å². The van der Waals surface area contributed by atoms with E-state index in [0.717, 1.165) is 12.0 Å². The summed E-state index contributed by atoms with van der Waals surface area (Å²) in [5, 5.41) is 12.1. The fraction of sp³-hybridized carbons (Fsp3) is 0.667. The Morgan fingerprint density at radius 2 is 1.78 bits per heavy atom. The fourth-order valence-electron chi connectivity index (χ4n) is 3.21. The first-order valence-electron chi connectivity index (χ1n) is 11.0. The lowest BCUT2D eigenvalue weighted by Crippen LogP contribution is -2.45. The minimum Gasteiger partial charge on any atom is -0.493 e. The third-order valence-corrected chi connectivity index (χ3v) is 4.95. The molecule has 0 saturated carbocycles. The number of carboxylic acid groups (broad SMARTS) is 1. The maximum absolute atomic E-state index is 12.1. The van der Waals surface area contributed by atoms with Gasteiger partial charge in [0.25, 0.3) is 0 Å². The Bertz CT molecular complexity index is 728. The molecule has 1 aromatic carbocycles. The first-order chi connectivity index (χ1) is 15.0. The zero-order valence-corrected chi connectivity index (χ0v) is 20.4. The molecule has 0 bridgehead atoms. The Hall–Kier alpha value is -2.48. The van der Waals surface area contributed by atoms with Crippen molar-refractivity contribution in [3.63, 3.8) is 0 Å². The van der Waals surface area contributed by atoms with Crippen LogP contribution in [0.5, 0.6) is 11.5 Å². The number of amides is 1. The van der Waals surface area contributed by atoms with E-state index < -0.39 is 23.7 Å². The Morgan fingerprint density at radius 1 is 1.09 bits per heavy atom. The van der Waals surface area contributed by atoms with Crippen LogP contribution in [0.3, 0.4) is 0 Å². The Labute approximate surface area is 191 Å². The van der Waals surface area contributed by atoms with Gasteiger partial charge in [0.1, 0.15) is 11.6 Å². The van der Waals surface area contributed by atoms with Gasteiger partial charge in [-0.3, -0.25) is 0 Å². The molecular formula is C24H39NO7. The van der Waals surface area contributed by atoms with E-state index in [2.05, 4.69) is 5.32 Å². The second-order valence-corrected chi connectivity index (χ2v) is 9.16. The maximum atomic E-state index is 12.1. The molecule has 0 saturated heterocycles. The summed E-state index contributed by atoms with van der Waals surface area (Å²) in [5.41, 5.74) is 0.306. The van der Waals surface area contributed by atoms with Crippen LogP contribution in [0.2, 0.25) is 0 Å². The molecule has 0 aliphatic carbocycles. The van der Waals surface area contributed by atoms with Gasteiger partial charge in [-0.15, -0.1) is 0 Å². The molecule has 2 atom stereocenters. The van der Waals surface area contributed by atoms with Crippen LogP contribution in [0, 0.1) is 11.8 Å². The molecule has 0 unspecified atom stereocenters. The van der Waals surface area contributed by atoms with Crippen LogP contribution in [-0.4, -0.2) is 56.2 Å². The molecule has 1 amide bonds. The van der Waals surface area contributed by atoms with Gasteiger partial charge in [0.2, 0.25) is 0 Å². The van der Waals surface area contributed by atoms with Gasteiger partial charge in [-0.05, 0) is 63.1 Å². The minimum absolute atomic E-state index is 0.0146. The van der Waals surface area contributed by atoms with Crippen molar-refractivity contribution in [2.45, 2.75) is 65.5 Å². The molecule has 2 N–H and O–H groups in total. The average molecular weight is 454 g/mol. The highest BCUT2D eigenvalue weighted by Gasteiger charge is 2.28. The molecule has 1 rings (SSSR count). The van der Waals surface area contributed by atoms with Gasteiger partial charge < -0.3 is 29.4 Å². The van der Waals surface area contributed by atoms with Gasteiger partial charge in [-0.25, -0.2) is 9.59 Å². The molecule has 32 heavy (non-hydrogen) atoms. The molecule has 0 radical (unpaired) electrons. The third kappa shape index (κ3) is 10.2. The van der Waals surface area contributed by atoms with Crippen molar-refractivity contribution in [1.82, 2.24) is 5.32 Å². The van der Waals surface area contributed by atoms with Crippen LogP contribution in [0.4, 0.5) is 4.79 Å². The summed E-state index contributed by atoms with van der Waals surface area (Å²) in [5.74, 6) is 0.414. The van der Waals surface area contributed by atoms with Crippen LogP contribution < -0.4 is 14.8 Å². The highest BCUT2D eigenvalue weighted by atomic mass is 16.6. The number of carboxylic acids is 1. The maximum Gasteiger partial charge on any atom is 0.408 e. The van der Waals surface area contributed by atoms with Gasteiger partial charge in [-0.2, -0.15) is 0 Å². The van der Waals surface area contributed by atoms with Gasteiger partial charge >= 0.3 is 12.1 Å². The highest BCUT2D eigenvalue weighted by Crippen LogP contribution is 2.31. The van der Waals surface area contributed by atoms with Crippen molar-refractivity contribution in [2.24, 2.45) is 11.8 Å². The standard InChI is InChI=1S/C24H39NO7/c1-16(2)18(15-19(22(26)27)25-23(28)32-24(3,4)5)13-17-9-10-20(30-7)21(14-17)31-12-8-11-29-6/h9-10,14,16,18-19H,8,11-13,15H2,1-7H3,(H,25,28)(H,26,27)/t18-,19-/m1/s1. The lowest BCUT2D eigenvalue weighted by Gasteiger charge is -2.26. The second kappa shape index (κ2) is 13.2. The normalized spacial score (nSPS) is 13.4. The number of carbonyl (C=O) groups excluding carboxylic acids is 1. The van der Waals surface area contributed by atoms with Crippen LogP contribution in [-0.2, 0) is 20.7 Å². The van der Waals surface area contributed by atoms with Crippen molar-refractivity contribution in [3.8, 4) is 11.5 Å². The predicted octanol–water partition coefficient (Wildman–Crippen LogP) is 4.29. The van der Waals surface area contributed by atoms with E-state index in [4.69, 9.17) is 18.9 Å². The van der Waals surface area contributed by atoms with Crippen LogP contribution in [0.15, 0.2) is 18.2 Å². The van der Waals surface area contributed by atoms with Crippen LogP contribution >= 0.6 is 0 Å². The van der Waals surface area contributed by atoms with Crippen molar-refractivity contribution in [2.75, 3.05) is 27.4 Å². The van der Waals surface area contributed by atoms with E-state index in [9.17, 15) is 14.7 Å². The summed E-state index contributed by atoms with van der Waals surface area (Å²) in [6.07, 6.45) is 0.941. The van der Waals surface area contributed by atoms with E-state index in [0.29, 0.717) is 31.1 Å². The number of rotatable bonds is 13. The first-order valence-corrected chi connectivity index (χ1v) is 11.0. The minimum atomic E-state index is -1.08. The number of ether oxygens (including phenoxy) is 4. The largest absolute Gasteiger partial charge is 0.493 e. The smallest absolute Gasteiger partial charge is 0.408 e. The van der Waals surface area contributed by atoms with E-state index in [1.54, 1.807) is 35.0 Å². The Morgan fingerprint density at radius 3 is 2.31 bits per heavy atom. The van der Waals surface area contributed by atoms with Crippen molar-refractivity contribution in [1.29, 1.82) is 0 Å². The fourth-order valence-corrected chi connectivity index (χ4v) is 3.21. The molecule has 0 aromatic heterocycles. The second-order valence-electron chi connectivity index (χ2n) is 9.16. The average Bonchev–Trinajstić information content (AvgIpc) is 2.68. The summed E-state index contributed by atoms with van der Waals surface area (Å²) in [7, 11) is 3.24. The molecule has 0 spiro atoms. The number of alkyl carbamates (subject to hydrolysis) is 1. The summed E-state index contributed by atoms with van der Waals surface area (Å²) in [6, 6.07) is 4.69. The third-order valence-electron chi connectivity index (χ3n) is 4.95. The molecule has 1 aromatic rings. The predicted molar refractivity (Wildman–Crippen MR) is 122 cm³/mol. The molecule has 8 nitrogen and oxygen atoms in total. The lowest BCUT2D eigenvalue weighted by molar-refractivity contribution is -0.140. The van der Waals surface area contributed by atoms with Gasteiger partial charge in [0.15, 0.2) is 11.5 Å². The number of benzene rings is 1. The quantitative estimate of drug-likeness (QED) is 0.429. The van der Waals surface area contributed by atoms with E-state index >= 15 is 0 Å². The number of aliphatic carboxylic acids is 1. The molecule has 0 heterocycles. The van der Waals surface area contributed by atoms with Crippen LogP contribution in [0.1, 0.15) is 53.0 Å². The Kier molecular flexibility index (Phi) is 11.3. The topological polar surface area (TPSA) is 103 Å². The lowest BCUT2D eigenvalue weighted by atomic mass is 9.84. The number of hydrogen-bond donors (Lipinski definition) is 2. The van der Waals surface area contributed by atoms with E-state index in [1.807, 2.05) is 32.0 Å². The van der Waals surface area contributed by atoms with Crippen molar-refractivity contribution >= 4 is 12.1 Å². The molecule has 0 aliphatic heterocycles. The first kappa shape index (κ1) is 27.6. The number of hydrogen-bond acceptors (Lipinski definition) is 6. The molecule has 0 fully saturated rings. The zero-order valence-electron chi connectivity index (χ0n) is 20.4. The van der Waals surface area contributed by atoms with E-state index in [-0.39, 0.29) is 18.3 Å². The summed E-state index contributed by atoms with van der Waals surface area (Å²) in [4.78, 5) is 23.9. The number of carbonyl (C=O) groups is 2. The van der Waals surface area contributed by atoms with Crippen molar-refractivity contribution < 1.29 is 33.6 Å². The molecule has 8 heteroatoms. The SMILES string of the molecule is COCCCOc1cc(C[C@H](C[C@@H](NC(=O)OC(C)(C)C)C(=O)O)C(C)C)ccc1OC. The zero-order chi connectivity index (χ0) is 24.3. The van der Waals surface area contributed by atoms with E-state index in [1.165, 1.54) is 0 Å². The van der Waals surface area contributed by atoms with Crippen LogP contribution in [0.25, 0.3) is 0 Å². The highest BCUT2D eigenvalue weighted by molar-refractivity contribution is 5.80. The van der Waals surface area contributed by atoms with Crippen molar-refractivity contribution in [3.05, 3.63) is 23.8 Å². The molecule has 182 valence electrons. The molecule has 0 aliphatic rings.